The highest BCUT2D eigenvalue weighted by molar-refractivity contribution is 5.40. The maximum absolute atomic E-state index is 5.62. The fraction of sp³-hybridized carbons (Fsp3) is 0.600. The normalized spacial score (nSPS) is 17.5. The number of hydrogen-bond acceptors (Lipinski definition) is 4. The third-order valence-corrected chi connectivity index (χ3v) is 5.45. The average Bonchev–Trinajstić information content (AvgIpc) is 3.18. The molecule has 1 N–H and O–H groups in total. The van der Waals surface area contributed by atoms with Gasteiger partial charge in [-0.15, -0.1) is 10.2 Å². The molecule has 134 valence electrons. The minimum absolute atomic E-state index is 0.387. The van der Waals surface area contributed by atoms with Crippen molar-refractivity contribution in [3.8, 4) is 5.75 Å². The van der Waals surface area contributed by atoms with Crippen LogP contribution in [-0.2, 0) is 25.8 Å². The smallest absolute Gasteiger partial charge is 0.134 e. The number of aryl methyl sites for hydroxylation is 1. The molecule has 0 spiro atoms. The van der Waals surface area contributed by atoms with E-state index in [4.69, 9.17) is 4.74 Å². The standard InChI is InChI=1S/C20H28N4O/c1-2-17(15-7-8-18-16(14-15)10-13-25-18)21-11-9-20-23-22-19-6-4-3-5-12-24(19)20/h7-8,14,17,21H,2-6,9-13H2,1H3. The monoisotopic (exact) mass is 340 g/mol. The second kappa shape index (κ2) is 7.56. The van der Waals surface area contributed by atoms with Crippen molar-refractivity contribution in [1.29, 1.82) is 0 Å². The molecule has 0 amide bonds. The molecule has 2 aromatic rings. The highest BCUT2D eigenvalue weighted by atomic mass is 16.5. The van der Waals surface area contributed by atoms with Crippen molar-refractivity contribution in [3.63, 3.8) is 0 Å². The number of nitrogens with zero attached hydrogens (tertiary/aromatic N) is 3. The highest BCUT2D eigenvalue weighted by Gasteiger charge is 2.17. The van der Waals surface area contributed by atoms with Crippen molar-refractivity contribution >= 4 is 0 Å². The average molecular weight is 340 g/mol. The van der Waals surface area contributed by atoms with E-state index in [0.29, 0.717) is 6.04 Å². The minimum Gasteiger partial charge on any atom is -0.493 e. The molecular formula is C20H28N4O. The van der Waals surface area contributed by atoms with Crippen molar-refractivity contribution in [2.45, 2.75) is 64.5 Å². The Morgan fingerprint density at radius 1 is 1.20 bits per heavy atom. The van der Waals surface area contributed by atoms with Gasteiger partial charge in [0.05, 0.1) is 6.61 Å². The first-order valence-electron chi connectivity index (χ1n) is 9.75. The second-order valence-electron chi connectivity index (χ2n) is 7.13. The van der Waals surface area contributed by atoms with Crippen LogP contribution in [0.3, 0.4) is 0 Å². The number of benzene rings is 1. The van der Waals surface area contributed by atoms with Crippen LogP contribution in [-0.4, -0.2) is 27.9 Å². The third kappa shape index (κ3) is 3.56. The number of rotatable bonds is 6. The van der Waals surface area contributed by atoms with Gasteiger partial charge < -0.3 is 14.6 Å². The lowest BCUT2D eigenvalue weighted by atomic mass is 10.0. The van der Waals surface area contributed by atoms with Gasteiger partial charge in [-0.2, -0.15) is 0 Å². The van der Waals surface area contributed by atoms with Gasteiger partial charge in [-0.05, 0) is 36.5 Å². The van der Waals surface area contributed by atoms with Crippen LogP contribution in [0.4, 0.5) is 0 Å². The van der Waals surface area contributed by atoms with Crippen LogP contribution >= 0.6 is 0 Å². The van der Waals surface area contributed by atoms with E-state index in [0.717, 1.165) is 57.0 Å². The van der Waals surface area contributed by atoms with Crippen LogP contribution in [0.15, 0.2) is 18.2 Å². The van der Waals surface area contributed by atoms with Crippen molar-refractivity contribution in [1.82, 2.24) is 20.1 Å². The molecule has 0 bridgehead atoms. The van der Waals surface area contributed by atoms with Gasteiger partial charge in [0, 0.05) is 38.4 Å². The molecule has 0 aliphatic carbocycles. The quantitative estimate of drug-likeness (QED) is 0.877. The Bertz CT molecular complexity index is 724. The van der Waals surface area contributed by atoms with Crippen LogP contribution in [0, 0.1) is 0 Å². The number of nitrogens with one attached hydrogen (secondary N) is 1. The van der Waals surface area contributed by atoms with Gasteiger partial charge in [-0.3, -0.25) is 0 Å². The van der Waals surface area contributed by atoms with Gasteiger partial charge in [0.25, 0.3) is 0 Å². The first-order chi connectivity index (χ1) is 12.3. The van der Waals surface area contributed by atoms with Crippen LogP contribution in [0.1, 0.15) is 61.4 Å². The lowest BCUT2D eigenvalue weighted by Crippen LogP contribution is -2.24. The molecule has 5 nitrogen and oxygen atoms in total. The van der Waals surface area contributed by atoms with E-state index in [1.54, 1.807) is 0 Å². The summed E-state index contributed by atoms with van der Waals surface area (Å²) in [7, 11) is 0. The maximum Gasteiger partial charge on any atom is 0.134 e. The number of ether oxygens (including phenoxy) is 1. The summed E-state index contributed by atoms with van der Waals surface area (Å²) in [5, 5.41) is 12.6. The van der Waals surface area contributed by atoms with Gasteiger partial charge in [0.2, 0.25) is 0 Å². The Balaban J connectivity index is 1.38. The fourth-order valence-corrected chi connectivity index (χ4v) is 4.01. The Kier molecular flexibility index (Phi) is 5.02. The summed E-state index contributed by atoms with van der Waals surface area (Å²) in [5.41, 5.74) is 2.72. The molecule has 2 aliphatic rings. The molecule has 0 saturated heterocycles. The largest absolute Gasteiger partial charge is 0.493 e. The number of hydrogen-bond donors (Lipinski definition) is 1. The zero-order valence-electron chi connectivity index (χ0n) is 15.1. The molecule has 1 unspecified atom stereocenters. The lowest BCUT2D eigenvalue weighted by Gasteiger charge is -2.18. The van der Waals surface area contributed by atoms with Crippen LogP contribution in [0.5, 0.6) is 5.75 Å². The van der Waals surface area contributed by atoms with Gasteiger partial charge in [0.1, 0.15) is 17.4 Å². The topological polar surface area (TPSA) is 52.0 Å². The molecule has 3 heterocycles. The first-order valence-corrected chi connectivity index (χ1v) is 9.75. The predicted molar refractivity (Wildman–Crippen MR) is 98.0 cm³/mol. The molecule has 0 fully saturated rings. The summed E-state index contributed by atoms with van der Waals surface area (Å²) in [6.45, 7) is 5.08. The summed E-state index contributed by atoms with van der Waals surface area (Å²) in [6.07, 6.45) is 7.94. The van der Waals surface area contributed by atoms with Gasteiger partial charge in [0.15, 0.2) is 0 Å². The van der Waals surface area contributed by atoms with Crippen molar-refractivity contribution in [2.75, 3.05) is 13.2 Å². The Hall–Kier alpha value is -1.88. The van der Waals surface area contributed by atoms with Gasteiger partial charge >= 0.3 is 0 Å². The molecule has 5 heteroatoms. The third-order valence-electron chi connectivity index (χ3n) is 5.45. The fourth-order valence-electron chi connectivity index (χ4n) is 4.01. The van der Waals surface area contributed by atoms with Gasteiger partial charge in [-0.1, -0.05) is 25.5 Å². The zero-order chi connectivity index (χ0) is 17.1. The lowest BCUT2D eigenvalue weighted by molar-refractivity contribution is 0.356. The highest BCUT2D eigenvalue weighted by Crippen LogP contribution is 2.29. The molecule has 1 aromatic carbocycles. The summed E-state index contributed by atoms with van der Waals surface area (Å²) >= 11 is 0. The summed E-state index contributed by atoms with van der Waals surface area (Å²) in [6, 6.07) is 7.03. The van der Waals surface area contributed by atoms with Crippen LogP contribution in [0.25, 0.3) is 0 Å². The van der Waals surface area contributed by atoms with E-state index in [1.165, 1.54) is 36.2 Å². The van der Waals surface area contributed by atoms with E-state index in [1.807, 2.05) is 0 Å². The Morgan fingerprint density at radius 2 is 2.16 bits per heavy atom. The van der Waals surface area contributed by atoms with Crippen molar-refractivity contribution < 1.29 is 4.74 Å². The molecule has 2 aliphatic heterocycles. The number of fused-ring (bicyclic) bond motifs is 2. The van der Waals surface area contributed by atoms with E-state index in [-0.39, 0.29) is 0 Å². The van der Waals surface area contributed by atoms with E-state index in [2.05, 4.69) is 45.2 Å². The van der Waals surface area contributed by atoms with Crippen molar-refractivity contribution in [3.05, 3.63) is 41.0 Å². The van der Waals surface area contributed by atoms with E-state index >= 15 is 0 Å². The van der Waals surface area contributed by atoms with Crippen molar-refractivity contribution in [2.24, 2.45) is 0 Å². The van der Waals surface area contributed by atoms with E-state index < -0.39 is 0 Å². The molecule has 1 aromatic heterocycles. The summed E-state index contributed by atoms with van der Waals surface area (Å²) in [4.78, 5) is 0. The molecule has 25 heavy (non-hydrogen) atoms. The summed E-state index contributed by atoms with van der Waals surface area (Å²) in [5.74, 6) is 3.38. The molecule has 0 saturated carbocycles. The molecule has 0 radical (unpaired) electrons. The van der Waals surface area contributed by atoms with Crippen LogP contribution in [0.2, 0.25) is 0 Å². The Morgan fingerprint density at radius 3 is 3.08 bits per heavy atom. The molecular weight excluding hydrogens is 312 g/mol. The summed E-state index contributed by atoms with van der Waals surface area (Å²) < 4.78 is 7.97. The minimum atomic E-state index is 0.387. The SMILES string of the molecule is CCC(NCCc1nnc2n1CCCCC2)c1ccc2c(c1)CCO2. The zero-order valence-corrected chi connectivity index (χ0v) is 15.1. The molecule has 1 atom stereocenters. The van der Waals surface area contributed by atoms with Crippen LogP contribution < -0.4 is 10.1 Å². The second-order valence-corrected chi connectivity index (χ2v) is 7.13. The Labute approximate surface area is 149 Å². The first kappa shape index (κ1) is 16.6. The number of aromatic nitrogens is 3. The van der Waals surface area contributed by atoms with E-state index in [9.17, 15) is 0 Å². The maximum atomic E-state index is 5.62. The van der Waals surface area contributed by atoms with Gasteiger partial charge in [-0.25, -0.2) is 0 Å². The predicted octanol–water partition coefficient (Wildman–Crippen LogP) is 3.22. The molecule has 4 rings (SSSR count).